The van der Waals surface area contributed by atoms with Gasteiger partial charge in [-0.05, 0) is 12.3 Å². The van der Waals surface area contributed by atoms with Crippen molar-refractivity contribution in [3.8, 4) is 0 Å². The molecule has 0 saturated heterocycles. The van der Waals surface area contributed by atoms with E-state index in [0.717, 1.165) is 13.0 Å². The fourth-order valence-corrected chi connectivity index (χ4v) is 0.955. The molecule has 0 N–H and O–H groups in total. The average Bonchev–Trinajstić information content (AvgIpc) is 1.90. The van der Waals surface area contributed by atoms with Crippen molar-refractivity contribution in [2.45, 2.75) is 20.3 Å². The van der Waals surface area contributed by atoms with Crippen molar-refractivity contribution >= 4 is 5.71 Å². The van der Waals surface area contributed by atoms with Gasteiger partial charge in [0.1, 0.15) is 0 Å². The Morgan fingerprint density at radius 2 is 2.20 bits per heavy atom. The van der Waals surface area contributed by atoms with Crippen molar-refractivity contribution in [2.24, 2.45) is 10.9 Å². The van der Waals surface area contributed by atoms with Crippen molar-refractivity contribution in [3.63, 3.8) is 0 Å². The summed E-state index contributed by atoms with van der Waals surface area (Å²) in [5, 5.41) is 4.12. The van der Waals surface area contributed by atoms with E-state index >= 15 is 0 Å². The Labute approximate surface area is 75.3 Å². The van der Waals surface area contributed by atoms with Gasteiger partial charge in [0.15, 0.2) is 0 Å². The zero-order valence-electron chi connectivity index (χ0n) is 6.43. The molecule has 0 fully saturated rings. The molecular weight excluding hydrogens is 215 g/mol. The van der Waals surface area contributed by atoms with Crippen molar-refractivity contribution < 1.29 is 19.5 Å². The van der Waals surface area contributed by atoms with Crippen LogP contribution in [0.25, 0.3) is 5.32 Å². The fraction of sp³-hybridized carbons (Fsp3) is 0.857. The molecule has 1 radical (unpaired) electrons. The van der Waals surface area contributed by atoms with E-state index in [-0.39, 0.29) is 19.5 Å². The Balaban J connectivity index is 0.000000810. The molecule has 1 rings (SSSR count). The summed E-state index contributed by atoms with van der Waals surface area (Å²) in [5.41, 5.74) is 1.34. The summed E-state index contributed by atoms with van der Waals surface area (Å²) in [4.78, 5) is 4.28. The van der Waals surface area contributed by atoms with Crippen molar-refractivity contribution in [1.82, 2.24) is 0 Å². The average molecular weight is 228 g/mol. The molecule has 0 aromatic carbocycles. The number of hydrogen-bond acceptors (Lipinski definition) is 1. The minimum absolute atomic E-state index is 0. The second-order valence-electron chi connectivity index (χ2n) is 2.64. The van der Waals surface area contributed by atoms with Crippen LogP contribution < -0.4 is 0 Å². The molecule has 0 bridgehead atoms. The Hall–Kier alpha value is 0.253. The molecule has 0 amide bonds. The molecule has 1 aliphatic rings. The first-order chi connectivity index (χ1) is 4.30. The zero-order valence-corrected chi connectivity index (χ0v) is 8.07. The number of hydrogen-bond donors (Lipinski definition) is 0. The number of nitrogens with zero attached hydrogens (tertiary/aromatic N) is 2. The normalized spacial score (nSPS) is 18.1. The molecule has 1 aliphatic heterocycles. The van der Waals surface area contributed by atoms with Gasteiger partial charge >= 0.3 is 19.5 Å². The van der Waals surface area contributed by atoms with Gasteiger partial charge in [0.05, 0.1) is 0 Å². The van der Waals surface area contributed by atoms with Crippen LogP contribution in [0.4, 0.5) is 0 Å². The molecule has 0 aromatic heterocycles. The van der Waals surface area contributed by atoms with E-state index in [9.17, 15) is 0 Å². The predicted octanol–water partition coefficient (Wildman–Crippen LogP) is 1.82. The first-order valence-electron chi connectivity index (χ1n) is 3.47. The summed E-state index contributed by atoms with van der Waals surface area (Å²) < 4.78 is 0. The zero-order chi connectivity index (χ0) is 6.69. The molecular formula is C7H13N2Rh+. The van der Waals surface area contributed by atoms with E-state index in [1.807, 2.05) is 0 Å². The van der Waals surface area contributed by atoms with Gasteiger partial charge < -0.3 is 10.3 Å². The molecule has 0 unspecified atom stereocenters. The van der Waals surface area contributed by atoms with Crippen LogP contribution >= 0.6 is 0 Å². The maximum absolute atomic E-state index is 4.28. The van der Waals surface area contributed by atoms with Crippen LogP contribution in [0.3, 0.4) is 0 Å². The van der Waals surface area contributed by atoms with Crippen LogP contribution in [0.15, 0.2) is 4.99 Å². The number of aliphatic imine (C=N–C) groups is 1. The van der Waals surface area contributed by atoms with E-state index in [1.54, 1.807) is 0 Å². The smallest absolute Gasteiger partial charge is 0.643 e. The van der Waals surface area contributed by atoms with Gasteiger partial charge in [0, 0.05) is 5.71 Å². The Morgan fingerprint density at radius 1 is 1.50 bits per heavy atom. The topological polar surface area (TPSA) is 26.5 Å². The first-order valence-corrected chi connectivity index (χ1v) is 3.47. The molecule has 2 nitrogen and oxygen atoms in total. The van der Waals surface area contributed by atoms with Gasteiger partial charge in [-0.2, -0.15) is 0 Å². The van der Waals surface area contributed by atoms with Crippen LogP contribution in [0.2, 0.25) is 0 Å². The minimum atomic E-state index is 0. The van der Waals surface area contributed by atoms with Gasteiger partial charge in [-0.25, -0.2) is 0 Å². The Bertz CT molecular complexity index is 121. The fourth-order valence-electron chi connectivity index (χ4n) is 0.955. The molecule has 0 atom stereocenters. The third kappa shape index (κ3) is 2.89. The molecule has 0 spiro atoms. The van der Waals surface area contributed by atoms with Crippen LogP contribution in [0.5, 0.6) is 0 Å². The third-order valence-electron chi connectivity index (χ3n) is 1.57. The van der Waals surface area contributed by atoms with Crippen LogP contribution in [0, 0.1) is 5.92 Å². The minimum Gasteiger partial charge on any atom is -0.643 e. The molecule has 59 valence electrons. The van der Waals surface area contributed by atoms with Crippen molar-refractivity contribution in [3.05, 3.63) is 5.32 Å². The van der Waals surface area contributed by atoms with E-state index < -0.39 is 0 Å². The largest absolute Gasteiger partial charge is 2.00 e. The summed E-state index contributed by atoms with van der Waals surface area (Å²) in [6.07, 6.45) is 1.08. The SMILES string of the molecule is CC(C)C1=NC[N-]CC1.[Rh+2]. The van der Waals surface area contributed by atoms with Gasteiger partial charge in [0.25, 0.3) is 0 Å². The maximum atomic E-state index is 4.28. The van der Waals surface area contributed by atoms with E-state index in [4.69, 9.17) is 0 Å². The van der Waals surface area contributed by atoms with Crippen LogP contribution in [-0.2, 0) is 19.5 Å². The number of rotatable bonds is 1. The summed E-state index contributed by atoms with van der Waals surface area (Å²) >= 11 is 0. The van der Waals surface area contributed by atoms with Crippen LogP contribution in [-0.4, -0.2) is 18.9 Å². The van der Waals surface area contributed by atoms with Gasteiger partial charge in [-0.1, -0.05) is 20.5 Å². The predicted molar refractivity (Wildman–Crippen MR) is 40.0 cm³/mol. The van der Waals surface area contributed by atoms with Crippen LogP contribution in [0.1, 0.15) is 20.3 Å². The third-order valence-corrected chi connectivity index (χ3v) is 1.57. The molecule has 3 heteroatoms. The summed E-state index contributed by atoms with van der Waals surface area (Å²) in [5.74, 6) is 0.625. The van der Waals surface area contributed by atoms with Gasteiger partial charge in [-0.3, -0.25) is 0 Å². The summed E-state index contributed by atoms with van der Waals surface area (Å²) in [7, 11) is 0. The van der Waals surface area contributed by atoms with E-state index in [0.29, 0.717) is 12.6 Å². The quantitative estimate of drug-likeness (QED) is 0.612. The standard InChI is InChI=1S/C7H13N2.Rh/c1-6(2)7-3-4-8-5-9-7;/h6H,3-5H2,1-2H3;/q-1;+2. The molecule has 0 aliphatic carbocycles. The molecule has 1 heterocycles. The van der Waals surface area contributed by atoms with Crippen molar-refractivity contribution in [2.75, 3.05) is 13.2 Å². The van der Waals surface area contributed by atoms with Crippen molar-refractivity contribution in [1.29, 1.82) is 0 Å². The maximum Gasteiger partial charge on any atom is 2.00 e. The Morgan fingerprint density at radius 3 is 2.50 bits per heavy atom. The van der Waals surface area contributed by atoms with E-state index in [2.05, 4.69) is 24.2 Å². The van der Waals surface area contributed by atoms with Gasteiger partial charge in [-0.15, -0.1) is 6.54 Å². The monoisotopic (exact) mass is 228 g/mol. The Kier molecular flexibility index (Phi) is 5.10. The van der Waals surface area contributed by atoms with E-state index in [1.165, 1.54) is 5.71 Å². The first kappa shape index (κ1) is 10.3. The molecule has 0 saturated carbocycles. The molecule has 10 heavy (non-hydrogen) atoms. The summed E-state index contributed by atoms with van der Waals surface area (Å²) in [6, 6.07) is 0. The summed E-state index contributed by atoms with van der Waals surface area (Å²) in [6.45, 7) is 6.05. The van der Waals surface area contributed by atoms with Gasteiger partial charge in [0.2, 0.25) is 0 Å². The second kappa shape index (κ2) is 4.98. The second-order valence-corrected chi connectivity index (χ2v) is 2.64. The molecule has 0 aromatic rings.